The fourth-order valence-electron chi connectivity index (χ4n) is 3.88. The van der Waals surface area contributed by atoms with Gasteiger partial charge in [0.25, 0.3) is 0 Å². The van der Waals surface area contributed by atoms with Crippen LogP contribution in [-0.4, -0.2) is 52.7 Å². The highest BCUT2D eigenvalue weighted by Crippen LogP contribution is 2.31. The summed E-state index contributed by atoms with van der Waals surface area (Å²) in [6, 6.07) is 5.74. The van der Waals surface area contributed by atoms with Gasteiger partial charge in [-0.25, -0.2) is 0 Å². The molecule has 4 heterocycles. The summed E-state index contributed by atoms with van der Waals surface area (Å²) in [5.41, 5.74) is 1.20. The molecule has 0 spiro atoms. The molecule has 0 saturated carbocycles. The van der Waals surface area contributed by atoms with Gasteiger partial charge >= 0.3 is 0 Å². The minimum absolute atomic E-state index is 0. The van der Waals surface area contributed by atoms with Gasteiger partial charge in [-0.3, -0.25) is 4.98 Å². The molecule has 0 radical (unpaired) electrons. The number of pyridine rings is 1. The predicted octanol–water partition coefficient (Wildman–Crippen LogP) is 2.73. The topological polar surface area (TPSA) is 67.1 Å². The number of hydrogen-bond acceptors (Lipinski definition) is 6. The van der Waals surface area contributed by atoms with Crippen molar-refractivity contribution in [3.63, 3.8) is 0 Å². The highest BCUT2D eigenvalue weighted by Gasteiger charge is 2.33. The van der Waals surface area contributed by atoms with Crippen molar-refractivity contribution in [2.45, 2.75) is 32.1 Å². The zero-order valence-corrected chi connectivity index (χ0v) is 15.5. The third-order valence-corrected chi connectivity index (χ3v) is 5.33. The van der Waals surface area contributed by atoms with Crippen molar-refractivity contribution in [2.75, 3.05) is 32.7 Å². The number of nitrogens with zero attached hydrogens (tertiary/aromatic N) is 4. The summed E-state index contributed by atoms with van der Waals surface area (Å²) in [5.74, 6) is 1.74. The van der Waals surface area contributed by atoms with Crippen molar-refractivity contribution >= 4 is 12.4 Å². The molecule has 0 bridgehead atoms. The predicted molar refractivity (Wildman–Crippen MR) is 98.8 cm³/mol. The van der Waals surface area contributed by atoms with Crippen LogP contribution in [0.25, 0.3) is 11.5 Å². The Morgan fingerprint density at radius 2 is 2.16 bits per heavy atom. The van der Waals surface area contributed by atoms with Crippen molar-refractivity contribution in [3.05, 3.63) is 30.3 Å². The summed E-state index contributed by atoms with van der Waals surface area (Å²) in [5, 5.41) is 7.59. The van der Waals surface area contributed by atoms with E-state index in [1.165, 1.54) is 13.0 Å². The molecule has 7 heteroatoms. The molecule has 25 heavy (non-hydrogen) atoms. The van der Waals surface area contributed by atoms with E-state index in [1.54, 1.807) is 6.20 Å². The van der Waals surface area contributed by atoms with Gasteiger partial charge < -0.3 is 14.7 Å². The van der Waals surface area contributed by atoms with Crippen LogP contribution in [0, 0.1) is 5.41 Å². The SMILES string of the molecule is CC1(CN2CCC(c3nc(-c4ccccn4)no3)CC2)CCNC1.Cl. The standard InChI is InChI=1S/C18H25N5O.ClH/c1-18(7-9-19-12-18)13-23-10-5-14(6-11-23)17-21-16(22-24-17)15-4-2-3-8-20-15;/h2-4,8,14,19H,5-7,9-13H2,1H3;1H. The van der Waals surface area contributed by atoms with Crippen molar-refractivity contribution in [3.8, 4) is 11.5 Å². The van der Waals surface area contributed by atoms with Crippen LogP contribution in [0.4, 0.5) is 0 Å². The largest absolute Gasteiger partial charge is 0.339 e. The molecule has 1 atom stereocenters. The molecule has 2 aromatic heterocycles. The summed E-state index contributed by atoms with van der Waals surface area (Å²) in [7, 11) is 0. The van der Waals surface area contributed by atoms with Crippen LogP contribution in [0.3, 0.4) is 0 Å². The first-order valence-electron chi connectivity index (χ1n) is 8.90. The monoisotopic (exact) mass is 363 g/mol. The minimum atomic E-state index is 0. The molecular formula is C18H26ClN5O. The van der Waals surface area contributed by atoms with Crippen molar-refractivity contribution in [1.29, 1.82) is 0 Å². The van der Waals surface area contributed by atoms with Gasteiger partial charge in [0.1, 0.15) is 5.69 Å². The molecule has 2 saturated heterocycles. The number of aromatic nitrogens is 3. The maximum absolute atomic E-state index is 5.52. The van der Waals surface area contributed by atoms with E-state index in [0.717, 1.165) is 50.6 Å². The Labute approximate surface area is 154 Å². The quantitative estimate of drug-likeness (QED) is 0.900. The van der Waals surface area contributed by atoms with Crippen molar-refractivity contribution < 1.29 is 4.52 Å². The van der Waals surface area contributed by atoms with Gasteiger partial charge in [-0.05, 0) is 56.4 Å². The molecule has 2 aliphatic rings. The van der Waals surface area contributed by atoms with E-state index < -0.39 is 0 Å². The highest BCUT2D eigenvalue weighted by molar-refractivity contribution is 5.85. The average Bonchev–Trinajstić information content (AvgIpc) is 3.26. The third-order valence-electron chi connectivity index (χ3n) is 5.33. The summed E-state index contributed by atoms with van der Waals surface area (Å²) in [6.07, 6.45) is 5.22. The summed E-state index contributed by atoms with van der Waals surface area (Å²) in [6.45, 7) is 8.12. The molecule has 2 aliphatic heterocycles. The van der Waals surface area contributed by atoms with Crippen LogP contribution in [0.1, 0.15) is 38.0 Å². The zero-order chi connectivity index (χ0) is 16.4. The van der Waals surface area contributed by atoms with Crippen LogP contribution >= 0.6 is 12.4 Å². The lowest BCUT2D eigenvalue weighted by Crippen LogP contribution is -2.41. The lowest BCUT2D eigenvalue weighted by molar-refractivity contribution is 0.136. The van der Waals surface area contributed by atoms with Gasteiger partial charge in [-0.15, -0.1) is 12.4 Å². The Morgan fingerprint density at radius 3 is 2.84 bits per heavy atom. The minimum Gasteiger partial charge on any atom is -0.339 e. The van der Waals surface area contributed by atoms with Gasteiger partial charge in [0.05, 0.1) is 0 Å². The highest BCUT2D eigenvalue weighted by atomic mass is 35.5. The first-order chi connectivity index (χ1) is 11.7. The number of piperidine rings is 1. The number of nitrogens with one attached hydrogen (secondary N) is 1. The molecule has 0 aliphatic carbocycles. The number of hydrogen-bond donors (Lipinski definition) is 1. The van der Waals surface area contributed by atoms with Crippen LogP contribution in [-0.2, 0) is 0 Å². The first-order valence-corrected chi connectivity index (χ1v) is 8.90. The van der Waals surface area contributed by atoms with Crippen molar-refractivity contribution in [2.24, 2.45) is 5.41 Å². The smallest absolute Gasteiger partial charge is 0.230 e. The van der Waals surface area contributed by atoms with Gasteiger partial charge in [0, 0.05) is 25.2 Å². The van der Waals surface area contributed by atoms with E-state index in [0.29, 0.717) is 17.2 Å². The van der Waals surface area contributed by atoms with Crippen molar-refractivity contribution in [1.82, 2.24) is 25.3 Å². The van der Waals surface area contributed by atoms with Crippen LogP contribution in [0.5, 0.6) is 0 Å². The molecule has 1 unspecified atom stereocenters. The molecule has 136 valence electrons. The van der Waals surface area contributed by atoms with Gasteiger partial charge in [-0.2, -0.15) is 4.98 Å². The fourth-order valence-corrected chi connectivity index (χ4v) is 3.88. The second kappa shape index (κ2) is 7.81. The summed E-state index contributed by atoms with van der Waals surface area (Å²) >= 11 is 0. The lowest BCUT2D eigenvalue weighted by atomic mass is 9.87. The Hall–Kier alpha value is -1.50. The number of likely N-dealkylation sites (tertiary alicyclic amines) is 1. The van der Waals surface area contributed by atoms with E-state index in [-0.39, 0.29) is 12.4 Å². The molecule has 4 rings (SSSR count). The molecular weight excluding hydrogens is 338 g/mol. The van der Waals surface area contributed by atoms with E-state index in [2.05, 4.69) is 32.3 Å². The summed E-state index contributed by atoms with van der Waals surface area (Å²) in [4.78, 5) is 11.5. The van der Waals surface area contributed by atoms with Crippen LogP contribution in [0.15, 0.2) is 28.9 Å². The second-order valence-electron chi connectivity index (χ2n) is 7.46. The summed E-state index contributed by atoms with van der Waals surface area (Å²) < 4.78 is 5.52. The van der Waals surface area contributed by atoms with E-state index in [9.17, 15) is 0 Å². The fraction of sp³-hybridized carbons (Fsp3) is 0.611. The Balaban J connectivity index is 0.00000182. The van der Waals surface area contributed by atoms with Crippen LogP contribution in [0.2, 0.25) is 0 Å². The van der Waals surface area contributed by atoms with Gasteiger partial charge in [0.15, 0.2) is 0 Å². The molecule has 2 aromatic rings. The molecule has 1 N–H and O–H groups in total. The van der Waals surface area contributed by atoms with E-state index in [1.807, 2.05) is 18.2 Å². The molecule has 2 fully saturated rings. The number of halogens is 1. The van der Waals surface area contributed by atoms with Gasteiger partial charge in [-0.1, -0.05) is 18.1 Å². The molecule has 6 nitrogen and oxygen atoms in total. The normalized spacial score (nSPS) is 25.0. The molecule has 0 aromatic carbocycles. The maximum atomic E-state index is 5.52. The van der Waals surface area contributed by atoms with E-state index in [4.69, 9.17) is 4.52 Å². The zero-order valence-electron chi connectivity index (χ0n) is 14.6. The third kappa shape index (κ3) is 4.19. The lowest BCUT2D eigenvalue weighted by Gasteiger charge is -2.36. The maximum Gasteiger partial charge on any atom is 0.230 e. The van der Waals surface area contributed by atoms with Gasteiger partial charge in [0.2, 0.25) is 11.7 Å². The van der Waals surface area contributed by atoms with E-state index >= 15 is 0 Å². The first kappa shape index (κ1) is 18.3. The molecule has 0 amide bonds. The Kier molecular flexibility index (Phi) is 5.71. The van der Waals surface area contributed by atoms with Crippen LogP contribution < -0.4 is 5.32 Å². The average molecular weight is 364 g/mol. The number of rotatable bonds is 4. The Bertz CT molecular complexity index is 663. The second-order valence-corrected chi connectivity index (χ2v) is 7.46. The Morgan fingerprint density at radius 1 is 1.32 bits per heavy atom.